The fourth-order valence-electron chi connectivity index (χ4n) is 6.31. The second-order valence-electron chi connectivity index (χ2n) is 12.7. The molecule has 0 aliphatic carbocycles. The number of carbonyl (C=O) groups is 8. The summed E-state index contributed by atoms with van der Waals surface area (Å²) in [5, 5.41) is 38.9. The lowest BCUT2D eigenvalue weighted by Crippen LogP contribution is -2.59. The molecule has 47 heavy (non-hydrogen) atoms. The quantitative estimate of drug-likeness (QED) is 0.101. The van der Waals surface area contributed by atoms with E-state index in [2.05, 4.69) is 21.3 Å². The van der Waals surface area contributed by atoms with E-state index in [1.807, 2.05) is 0 Å². The number of hydrogen-bond donors (Lipinski definition) is 7. The molecule has 7 N–H and O–H groups in total. The lowest BCUT2D eigenvalue weighted by atomic mass is 10.0. The number of carboxylic acid groups (broad SMARTS) is 3. The van der Waals surface area contributed by atoms with Crippen LogP contribution in [0.5, 0.6) is 0 Å². The van der Waals surface area contributed by atoms with Crippen molar-refractivity contribution in [1.82, 2.24) is 31.1 Å². The standard InChI is InChI=1S/C30H46N6O11/c1-16(2)14-19(26(42)32-18(9-10-23(37)38)28(44)36-13-5-8-22(36)30(46)47)33-27(43)21-7-4-12-35(21)29(45)20(15-24(39)40)34-25(41)17-6-3-11-31-17/h16-22,31H,3-15H2,1-2H3,(H,32,42)(H,33,43)(H,34,41)(H,37,38)(H,39,40)(H,46,47)/t17-,18-,19-,20-,21-,22-/m0/s1. The highest BCUT2D eigenvalue weighted by molar-refractivity contribution is 5.97. The summed E-state index contributed by atoms with van der Waals surface area (Å²) < 4.78 is 0. The minimum Gasteiger partial charge on any atom is -0.481 e. The molecule has 0 spiro atoms. The van der Waals surface area contributed by atoms with Crippen molar-refractivity contribution in [2.24, 2.45) is 5.92 Å². The number of aliphatic carboxylic acids is 3. The van der Waals surface area contributed by atoms with Gasteiger partial charge in [0.25, 0.3) is 0 Å². The molecule has 6 atom stereocenters. The van der Waals surface area contributed by atoms with E-state index in [9.17, 15) is 53.7 Å². The molecule has 17 nitrogen and oxygen atoms in total. The highest BCUT2D eigenvalue weighted by Crippen LogP contribution is 2.22. The molecule has 3 aliphatic rings. The average molecular weight is 667 g/mol. The number of nitrogens with zero attached hydrogens (tertiary/aromatic N) is 2. The second kappa shape index (κ2) is 17.0. The molecule has 262 valence electrons. The molecular formula is C30H46N6O11. The van der Waals surface area contributed by atoms with Gasteiger partial charge in [-0.15, -0.1) is 0 Å². The summed E-state index contributed by atoms with van der Waals surface area (Å²) in [6, 6.07) is -6.69. The zero-order valence-corrected chi connectivity index (χ0v) is 26.7. The van der Waals surface area contributed by atoms with Gasteiger partial charge in [0.15, 0.2) is 0 Å². The van der Waals surface area contributed by atoms with Crippen LogP contribution >= 0.6 is 0 Å². The van der Waals surface area contributed by atoms with Gasteiger partial charge in [-0.1, -0.05) is 13.8 Å². The van der Waals surface area contributed by atoms with E-state index in [1.54, 1.807) is 13.8 Å². The predicted octanol–water partition coefficient (Wildman–Crippen LogP) is -1.35. The van der Waals surface area contributed by atoms with Gasteiger partial charge in [-0.25, -0.2) is 4.79 Å². The van der Waals surface area contributed by atoms with Crippen molar-refractivity contribution in [3.8, 4) is 0 Å². The molecule has 0 radical (unpaired) electrons. The van der Waals surface area contributed by atoms with Gasteiger partial charge in [0.05, 0.1) is 12.5 Å². The highest BCUT2D eigenvalue weighted by Gasteiger charge is 2.42. The van der Waals surface area contributed by atoms with E-state index in [1.165, 1.54) is 4.90 Å². The summed E-state index contributed by atoms with van der Waals surface area (Å²) in [6.45, 7) is 4.46. The van der Waals surface area contributed by atoms with Crippen LogP contribution < -0.4 is 21.3 Å². The Kier molecular flexibility index (Phi) is 13.5. The van der Waals surface area contributed by atoms with Crippen LogP contribution in [0.3, 0.4) is 0 Å². The molecule has 0 saturated carbocycles. The molecule has 3 aliphatic heterocycles. The fraction of sp³-hybridized carbons (Fsp3) is 0.733. The SMILES string of the molecule is CC(C)C[C@H](NC(=O)[C@@H]1CCCN1C(=O)[C@H](CC(=O)O)NC(=O)[C@@H]1CCCN1)C(=O)N[C@@H](CCC(=O)O)C(=O)N1CCC[C@H]1C(=O)O. The van der Waals surface area contributed by atoms with E-state index in [4.69, 9.17) is 0 Å². The first-order chi connectivity index (χ1) is 22.2. The van der Waals surface area contributed by atoms with Crippen molar-refractivity contribution >= 4 is 47.4 Å². The van der Waals surface area contributed by atoms with Gasteiger partial charge < -0.3 is 46.4 Å². The van der Waals surface area contributed by atoms with Crippen LogP contribution in [0.15, 0.2) is 0 Å². The average Bonchev–Trinajstić information content (AvgIpc) is 3.79. The Morgan fingerprint density at radius 1 is 0.723 bits per heavy atom. The minimum atomic E-state index is -1.41. The first kappa shape index (κ1) is 37.2. The van der Waals surface area contributed by atoms with Crippen LogP contribution in [0.1, 0.15) is 78.1 Å². The van der Waals surface area contributed by atoms with Crippen LogP contribution in [-0.2, 0) is 38.4 Å². The molecule has 17 heteroatoms. The number of nitrogens with one attached hydrogen (secondary N) is 4. The van der Waals surface area contributed by atoms with Gasteiger partial charge in [-0.2, -0.15) is 0 Å². The number of amides is 5. The van der Waals surface area contributed by atoms with Gasteiger partial charge in [-0.3, -0.25) is 33.6 Å². The normalized spacial score (nSPS) is 22.7. The van der Waals surface area contributed by atoms with E-state index in [0.29, 0.717) is 25.8 Å². The number of carboxylic acids is 3. The Morgan fingerprint density at radius 2 is 1.32 bits per heavy atom. The Labute approximate surface area is 272 Å². The smallest absolute Gasteiger partial charge is 0.326 e. The maximum atomic E-state index is 13.6. The van der Waals surface area contributed by atoms with E-state index in [-0.39, 0.29) is 44.7 Å². The molecule has 0 aromatic carbocycles. The van der Waals surface area contributed by atoms with Crippen LogP contribution in [0.4, 0.5) is 0 Å². The van der Waals surface area contributed by atoms with Gasteiger partial charge in [0.1, 0.15) is 30.2 Å². The molecule has 0 aromatic rings. The Hall–Kier alpha value is -4.28. The number of likely N-dealkylation sites (tertiary alicyclic amines) is 2. The molecule has 3 heterocycles. The third-order valence-corrected chi connectivity index (χ3v) is 8.63. The molecule has 5 amide bonds. The highest BCUT2D eigenvalue weighted by atomic mass is 16.4. The number of rotatable bonds is 16. The Balaban J connectivity index is 1.75. The lowest BCUT2D eigenvalue weighted by molar-refractivity contribution is -0.150. The molecule has 3 rings (SSSR count). The zero-order valence-electron chi connectivity index (χ0n) is 26.7. The summed E-state index contributed by atoms with van der Waals surface area (Å²) in [5.74, 6) is -7.31. The van der Waals surface area contributed by atoms with E-state index >= 15 is 0 Å². The van der Waals surface area contributed by atoms with Crippen molar-refractivity contribution in [2.75, 3.05) is 19.6 Å². The molecule has 3 saturated heterocycles. The Morgan fingerprint density at radius 3 is 1.87 bits per heavy atom. The Bertz CT molecular complexity index is 1220. The van der Waals surface area contributed by atoms with Gasteiger partial charge in [0, 0.05) is 19.5 Å². The van der Waals surface area contributed by atoms with Crippen LogP contribution in [-0.4, -0.2) is 128 Å². The molecule has 3 fully saturated rings. The monoisotopic (exact) mass is 666 g/mol. The third kappa shape index (κ3) is 10.4. The maximum Gasteiger partial charge on any atom is 0.326 e. The molecule has 0 unspecified atom stereocenters. The van der Waals surface area contributed by atoms with Gasteiger partial charge in [-0.05, 0) is 63.8 Å². The van der Waals surface area contributed by atoms with E-state index in [0.717, 1.165) is 11.3 Å². The molecule has 0 bridgehead atoms. The first-order valence-corrected chi connectivity index (χ1v) is 16.1. The van der Waals surface area contributed by atoms with Crippen LogP contribution in [0.25, 0.3) is 0 Å². The first-order valence-electron chi connectivity index (χ1n) is 16.1. The topological polar surface area (TPSA) is 252 Å². The van der Waals surface area contributed by atoms with Crippen LogP contribution in [0, 0.1) is 5.92 Å². The summed E-state index contributed by atoms with van der Waals surface area (Å²) in [5.41, 5.74) is 0. The fourth-order valence-corrected chi connectivity index (χ4v) is 6.31. The van der Waals surface area contributed by atoms with Crippen molar-refractivity contribution in [3.05, 3.63) is 0 Å². The van der Waals surface area contributed by atoms with E-state index < -0.39 is 96.5 Å². The second-order valence-corrected chi connectivity index (χ2v) is 12.7. The third-order valence-electron chi connectivity index (χ3n) is 8.63. The minimum absolute atomic E-state index is 0.117. The van der Waals surface area contributed by atoms with Gasteiger partial charge in [0.2, 0.25) is 29.5 Å². The predicted molar refractivity (Wildman–Crippen MR) is 163 cm³/mol. The van der Waals surface area contributed by atoms with Crippen LogP contribution in [0.2, 0.25) is 0 Å². The zero-order chi connectivity index (χ0) is 34.8. The van der Waals surface area contributed by atoms with Crippen molar-refractivity contribution < 1.29 is 53.7 Å². The molecular weight excluding hydrogens is 620 g/mol. The van der Waals surface area contributed by atoms with Crippen molar-refractivity contribution in [2.45, 2.75) is 114 Å². The van der Waals surface area contributed by atoms with Crippen molar-refractivity contribution in [3.63, 3.8) is 0 Å². The summed E-state index contributed by atoms with van der Waals surface area (Å²) >= 11 is 0. The number of hydrogen-bond acceptors (Lipinski definition) is 9. The van der Waals surface area contributed by atoms with Crippen molar-refractivity contribution in [1.29, 1.82) is 0 Å². The summed E-state index contributed by atoms with van der Waals surface area (Å²) in [4.78, 5) is 104. The lowest BCUT2D eigenvalue weighted by Gasteiger charge is -2.31. The van der Waals surface area contributed by atoms with Gasteiger partial charge >= 0.3 is 17.9 Å². The summed E-state index contributed by atoms with van der Waals surface area (Å²) in [7, 11) is 0. The maximum absolute atomic E-state index is 13.6. The molecule has 0 aromatic heterocycles. The largest absolute Gasteiger partial charge is 0.481 e. The summed E-state index contributed by atoms with van der Waals surface area (Å²) in [6.07, 6.45) is 1.22. The number of carbonyl (C=O) groups excluding carboxylic acids is 5.